The highest BCUT2D eigenvalue weighted by atomic mass is 16.2. The number of guanidine groups is 1. The van der Waals surface area contributed by atoms with Crippen LogP contribution in [0.1, 0.15) is 31.9 Å². The van der Waals surface area contributed by atoms with Gasteiger partial charge in [-0.05, 0) is 31.4 Å². The summed E-state index contributed by atoms with van der Waals surface area (Å²) in [6.07, 6.45) is 1.01. The molecular weight excluding hydrogens is 226 g/mol. The van der Waals surface area contributed by atoms with Gasteiger partial charge in [0, 0.05) is 0 Å². The monoisotopic (exact) mass is 245 g/mol. The first-order chi connectivity index (χ1) is 8.44. The van der Waals surface area contributed by atoms with Crippen molar-refractivity contribution >= 4 is 11.9 Å². The molecule has 2 N–H and O–H groups in total. The van der Waals surface area contributed by atoms with E-state index in [-0.39, 0.29) is 5.91 Å². The van der Waals surface area contributed by atoms with Crippen molar-refractivity contribution in [1.29, 1.82) is 0 Å². The number of aliphatic imine (C=N–C) groups is 1. The number of rotatable bonds is 3. The molecule has 18 heavy (non-hydrogen) atoms. The van der Waals surface area contributed by atoms with Gasteiger partial charge in [-0.15, -0.1) is 0 Å². The quantitative estimate of drug-likeness (QED) is 0.881. The maximum atomic E-state index is 12.1. The minimum atomic E-state index is -0.729. The van der Waals surface area contributed by atoms with Crippen LogP contribution in [0.2, 0.25) is 0 Å². The average Bonchev–Trinajstić information content (AvgIpc) is 2.52. The summed E-state index contributed by atoms with van der Waals surface area (Å²) in [6.45, 7) is 6.17. The van der Waals surface area contributed by atoms with Gasteiger partial charge in [0.25, 0.3) is 5.91 Å². The Morgan fingerprint density at radius 2 is 1.78 bits per heavy atom. The minimum Gasteiger partial charge on any atom is -0.369 e. The molecule has 1 aliphatic rings. The number of carbonyl (C=O) groups is 1. The lowest BCUT2D eigenvalue weighted by Crippen LogP contribution is -2.41. The van der Waals surface area contributed by atoms with Gasteiger partial charge in [0.1, 0.15) is 5.54 Å². The molecule has 0 atom stereocenters. The van der Waals surface area contributed by atoms with Crippen LogP contribution in [-0.4, -0.2) is 22.3 Å². The van der Waals surface area contributed by atoms with E-state index in [1.165, 1.54) is 5.56 Å². The Bertz CT molecular complexity index is 488. The molecule has 0 saturated heterocycles. The number of carbonyl (C=O) groups excluding carboxylic acids is 1. The number of hydrogen-bond acceptors (Lipinski definition) is 3. The number of hydrogen-bond donors (Lipinski definition) is 1. The van der Waals surface area contributed by atoms with Crippen molar-refractivity contribution in [2.75, 3.05) is 0 Å². The normalized spacial score (nSPS) is 18.1. The lowest BCUT2D eigenvalue weighted by molar-refractivity contribution is -0.130. The van der Waals surface area contributed by atoms with Gasteiger partial charge in [0.05, 0.1) is 6.54 Å². The van der Waals surface area contributed by atoms with Crippen molar-refractivity contribution in [1.82, 2.24) is 4.90 Å². The van der Waals surface area contributed by atoms with Crippen LogP contribution < -0.4 is 5.73 Å². The summed E-state index contributed by atoms with van der Waals surface area (Å²) in [7, 11) is 0. The molecule has 1 aromatic carbocycles. The highest BCUT2D eigenvalue weighted by Crippen LogP contribution is 2.22. The second-order valence-corrected chi connectivity index (χ2v) is 5.09. The van der Waals surface area contributed by atoms with E-state index in [0.717, 1.165) is 12.0 Å². The molecule has 1 aromatic rings. The summed E-state index contributed by atoms with van der Waals surface area (Å²) in [4.78, 5) is 17.8. The largest absolute Gasteiger partial charge is 0.369 e. The molecule has 0 aliphatic carbocycles. The SMILES string of the molecule is CCc1ccc(CN2C(=O)C(C)(C)N=C2N)cc1. The van der Waals surface area contributed by atoms with E-state index in [9.17, 15) is 4.79 Å². The first-order valence-corrected chi connectivity index (χ1v) is 6.19. The van der Waals surface area contributed by atoms with Crippen LogP contribution >= 0.6 is 0 Å². The van der Waals surface area contributed by atoms with Gasteiger partial charge in [-0.1, -0.05) is 31.2 Å². The van der Waals surface area contributed by atoms with Crippen molar-refractivity contribution in [2.24, 2.45) is 10.7 Å². The Hall–Kier alpha value is -1.84. The molecule has 4 nitrogen and oxygen atoms in total. The zero-order valence-corrected chi connectivity index (χ0v) is 11.1. The molecule has 2 rings (SSSR count). The number of nitrogens with two attached hydrogens (primary N) is 1. The molecule has 96 valence electrons. The number of aryl methyl sites for hydroxylation is 1. The Labute approximate surface area is 108 Å². The van der Waals surface area contributed by atoms with Gasteiger partial charge in [-0.25, -0.2) is 4.99 Å². The first kappa shape index (κ1) is 12.6. The van der Waals surface area contributed by atoms with E-state index in [1.54, 1.807) is 18.7 Å². The van der Waals surface area contributed by atoms with Crippen molar-refractivity contribution in [3.8, 4) is 0 Å². The maximum absolute atomic E-state index is 12.1. The molecule has 0 radical (unpaired) electrons. The fraction of sp³-hybridized carbons (Fsp3) is 0.429. The van der Waals surface area contributed by atoms with Gasteiger partial charge in [-0.3, -0.25) is 9.69 Å². The number of amides is 1. The Balaban J connectivity index is 2.15. The third-order valence-corrected chi connectivity index (χ3v) is 3.21. The summed E-state index contributed by atoms with van der Waals surface area (Å²) in [6, 6.07) is 8.22. The number of nitrogens with zero attached hydrogens (tertiary/aromatic N) is 2. The fourth-order valence-corrected chi connectivity index (χ4v) is 2.04. The molecule has 0 fully saturated rings. The highest BCUT2D eigenvalue weighted by molar-refractivity contribution is 6.06. The van der Waals surface area contributed by atoms with E-state index < -0.39 is 5.54 Å². The van der Waals surface area contributed by atoms with E-state index in [1.807, 2.05) is 12.1 Å². The molecule has 0 unspecified atom stereocenters. The van der Waals surface area contributed by atoms with E-state index in [2.05, 4.69) is 24.0 Å². The van der Waals surface area contributed by atoms with Crippen LogP contribution in [0.5, 0.6) is 0 Å². The third kappa shape index (κ3) is 2.23. The molecule has 0 saturated carbocycles. The number of benzene rings is 1. The Kier molecular flexibility index (Phi) is 3.11. The second-order valence-electron chi connectivity index (χ2n) is 5.09. The summed E-state index contributed by atoms with van der Waals surface area (Å²) >= 11 is 0. The predicted octanol–water partition coefficient (Wildman–Crippen LogP) is 1.68. The van der Waals surface area contributed by atoms with Crippen LogP contribution in [0.15, 0.2) is 29.3 Å². The average molecular weight is 245 g/mol. The topological polar surface area (TPSA) is 58.7 Å². The van der Waals surface area contributed by atoms with E-state index >= 15 is 0 Å². The third-order valence-electron chi connectivity index (χ3n) is 3.21. The van der Waals surface area contributed by atoms with Crippen molar-refractivity contribution in [2.45, 2.75) is 39.3 Å². The van der Waals surface area contributed by atoms with Gasteiger partial charge in [0.2, 0.25) is 0 Å². The molecule has 1 aliphatic heterocycles. The van der Waals surface area contributed by atoms with E-state index in [0.29, 0.717) is 12.5 Å². The molecule has 4 heteroatoms. The maximum Gasteiger partial charge on any atom is 0.257 e. The molecule has 0 bridgehead atoms. The highest BCUT2D eigenvalue weighted by Gasteiger charge is 2.39. The summed E-state index contributed by atoms with van der Waals surface area (Å²) in [5, 5.41) is 0. The lowest BCUT2D eigenvalue weighted by Gasteiger charge is -2.19. The van der Waals surface area contributed by atoms with Gasteiger partial charge in [-0.2, -0.15) is 0 Å². The zero-order chi connectivity index (χ0) is 13.3. The Morgan fingerprint density at radius 3 is 2.22 bits per heavy atom. The summed E-state index contributed by atoms with van der Waals surface area (Å²) < 4.78 is 0. The molecule has 1 amide bonds. The predicted molar refractivity (Wildman–Crippen MR) is 72.1 cm³/mol. The molecule has 0 aromatic heterocycles. The second kappa shape index (κ2) is 4.44. The molecule has 0 spiro atoms. The fourth-order valence-electron chi connectivity index (χ4n) is 2.04. The Morgan fingerprint density at radius 1 is 1.22 bits per heavy atom. The minimum absolute atomic E-state index is 0.0421. The van der Waals surface area contributed by atoms with Gasteiger partial charge in [0.15, 0.2) is 5.96 Å². The van der Waals surface area contributed by atoms with Crippen LogP contribution in [-0.2, 0) is 17.8 Å². The van der Waals surface area contributed by atoms with Crippen molar-refractivity contribution in [3.63, 3.8) is 0 Å². The van der Waals surface area contributed by atoms with Crippen LogP contribution in [0.4, 0.5) is 0 Å². The zero-order valence-electron chi connectivity index (χ0n) is 11.1. The summed E-state index contributed by atoms with van der Waals surface area (Å²) in [5.74, 6) is 0.268. The smallest absolute Gasteiger partial charge is 0.257 e. The standard InChI is InChI=1S/C14H19N3O/c1-4-10-5-7-11(8-6-10)9-17-12(18)14(2,3)16-13(17)15/h5-8H,4,9H2,1-3H3,(H2,15,16). The van der Waals surface area contributed by atoms with Gasteiger partial charge < -0.3 is 5.73 Å². The van der Waals surface area contributed by atoms with Crippen molar-refractivity contribution < 1.29 is 4.79 Å². The van der Waals surface area contributed by atoms with Gasteiger partial charge >= 0.3 is 0 Å². The van der Waals surface area contributed by atoms with Crippen LogP contribution in [0, 0.1) is 0 Å². The van der Waals surface area contributed by atoms with Crippen molar-refractivity contribution in [3.05, 3.63) is 35.4 Å². The molecule has 1 heterocycles. The summed E-state index contributed by atoms with van der Waals surface area (Å²) in [5.41, 5.74) is 7.43. The molecular formula is C14H19N3O. The lowest BCUT2D eigenvalue weighted by atomic mass is 10.1. The first-order valence-electron chi connectivity index (χ1n) is 6.19. The van der Waals surface area contributed by atoms with E-state index in [4.69, 9.17) is 5.73 Å². The van der Waals surface area contributed by atoms with Crippen LogP contribution in [0.25, 0.3) is 0 Å². The van der Waals surface area contributed by atoms with Crippen LogP contribution in [0.3, 0.4) is 0 Å².